The van der Waals surface area contributed by atoms with Crippen LogP contribution in [0.25, 0.3) is 0 Å². The van der Waals surface area contributed by atoms with Gasteiger partial charge in [0.1, 0.15) is 11.9 Å². The Morgan fingerprint density at radius 1 is 1.45 bits per heavy atom. The Morgan fingerprint density at radius 2 is 2.25 bits per heavy atom. The van der Waals surface area contributed by atoms with Crippen molar-refractivity contribution in [2.75, 3.05) is 20.3 Å². The predicted octanol–water partition coefficient (Wildman–Crippen LogP) is 1.59. The number of hydrogen-bond acceptors (Lipinski definition) is 5. The van der Waals surface area contributed by atoms with E-state index >= 15 is 0 Å². The molecule has 1 aromatic rings. The molecule has 2 unspecified atom stereocenters. The van der Waals surface area contributed by atoms with Gasteiger partial charge in [0.2, 0.25) is 0 Å². The number of benzene rings is 1. The number of methoxy groups -OCH3 is 1. The lowest BCUT2D eigenvalue weighted by Gasteiger charge is -2.19. The third kappa shape index (κ3) is 3.11. The number of carbonyl (C=O) groups is 1. The Bertz CT molecular complexity index is 475. The maximum atomic E-state index is 11.1. The van der Waals surface area contributed by atoms with Gasteiger partial charge in [-0.15, -0.1) is 0 Å². The molecule has 5 nitrogen and oxygen atoms in total. The molecule has 110 valence electrons. The van der Waals surface area contributed by atoms with Crippen LogP contribution in [0.4, 0.5) is 0 Å². The average Bonchev–Trinajstić information content (AvgIpc) is 2.76. The highest BCUT2D eigenvalue weighted by atomic mass is 16.5. The van der Waals surface area contributed by atoms with Crippen LogP contribution in [0.5, 0.6) is 5.75 Å². The molecule has 5 heteroatoms. The number of nitrogens with two attached hydrogens (primary N) is 1. The van der Waals surface area contributed by atoms with E-state index in [2.05, 4.69) is 4.74 Å². The molecule has 0 spiro atoms. The maximum absolute atomic E-state index is 11.1. The van der Waals surface area contributed by atoms with Gasteiger partial charge in [-0.1, -0.05) is 12.1 Å². The second-order valence-corrected chi connectivity index (χ2v) is 4.75. The van der Waals surface area contributed by atoms with Crippen molar-refractivity contribution in [3.05, 3.63) is 29.3 Å². The summed E-state index contributed by atoms with van der Waals surface area (Å²) in [5, 5.41) is 0. The van der Waals surface area contributed by atoms with Crippen LogP contribution in [-0.4, -0.2) is 32.3 Å². The molecule has 2 rings (SSSR count). The summed E-state index contributed by atoms with van der Waals surface area (Å²) < 4.78 is 16.0. The molecule has 0 amide bonds. The van der Waals surface area contributed by atoms with E-state index < -0.39 is 0 Å². The lowest BCUT2D eigenvalue weighted by molar-refractivity contribution is -0.142. The van der Waals surface area contributed by atoms with Crippen LogP contribution in [0.3, 0.4) is 0 Å². The van der Waals surface area contributed by atoms with Crippen LogP contribution in [0.15, 0.2) is 18.2 Å². The number of carbonyl (C=O) groups excluding carboxylic acids is 1. The van der Waals surface area contributed by atoms with Gasteiger partial charge in [0, 0.05) is 11.6 Å². The van der Waals surface area contributed by atoms with E-state index in [0.717, 1.165) is 23.3 Å². The largest absolute Gasteiger partial charge is 0.493 e. The summed E-state index contributed by atoms with van der Waals surface area (Å²) in [6, 6.07) is 5.83. The summed E-state index contributed by atoms with van der Waals surface area (Å²) in [5.74, 6) is 0.538. The van der Waals surface area contributed by atoms with Crippen LogP contribution in [-0.2, 0) is 20.7 Å². The average molecular weight is 279 g/mol. The molecular weight excluding hydrogens is 258 g/mol. The van der Waals surface area contributed by atoms with Gasteiger partial charge in [-0.2, -0.15) is 0 Å². The summed E-state index contributed by atoms with van der Waals surface area (Å²) in [6.45, 7) is 2.84. The van der Waals surface area contributed by atoms with Crippen LogP contribution in [0, 0.1) is 0 Å². The SMILES string of the molecule is CCOc1cccc2c1C(OCCC(=O)OC)C(N)C2. The Morgan fingerprint density at radius 3 is 2.95 bits per heavy atom. The molecule has 0 radical (unpaired) electrons. The molecule has 0 heterocycles. The lowest BCUT2D eigenvalue weighted by atomic mass is 10.1. The fourth-order valence-electron chi connectivity index (χ4n) is 2.53. The number of ether oxygens (including phenoxy) is 3. The third-order valence-corrected chi connectivity index (χ3v) is 3.42. The van der Waals surface area contributed by atoms with Gasteiger partial charge in [0.25, 0.3) is 0 Å². The molecule has 0 saturated carbocycles. The molecule has 1 aliphatic carbocycles. The zero-order chi connectivity index (χ0) is 14.5. The second kappa shape index (κ2) is 6.72. The van der Waals surface area contributed by atoms with Crippen molar-refractivity contribution in [3.63, 3.8) is 0 Å². The monoisotopic (exact) mass is 279 g/mol. The molecule has 2 atom stereocenters. The third-order valence-electron chi connectivity index (χ3n) is 3.42. The van der Waals surface area contributed by atoms with Gasteiger partial charge < -0.3 is 19.9 Å². The van der Waals surface area contributed by atoms with Gasteiger partial charge in [-0.05, 0) is 25.0 Å². The number of hydrogen-bond donors (Lipinski definition) is 1. The molecule has 1 aromatic carbocycles. The van der Waals surface area contributed by atoms with Crippen LogP contribution < -0.4 is 10.5 Å². The Labute approximate surface area is 119 Å². The van der Waals surface area contributed by atoms with E-state index in [0.29, 0.717) is 13.2 Å². The lowest BCUT2D eigenvalue weighted by Crippen LogP contribution is -2.27. The quantitative estimate of drug-likeness (QED) is 0.801. The van der Waals surface area contributed by atoms with Crippen LogP contribution >= 0.6 is 0 Å². The number of rotatable bonds is 6. The van der Waals surface area contributed by atoms with Gasteiger partial charge in [-0.3, -0.25) is 4.79 Å². The minimum Gasteiger partial charge on any atom is -0.493 e. The summed E-state index contributed by atoms with van der Waals surface area (Å²) in [6.07, 6.45) is 0.766. The molecule has 0 aromatic heterocycles. The Hall–Kier alpha value is -1.59. The maximum Gasteiger partial charge on any atom is 0.307 e. The standard InChI is InChI=1S/C15H21NO4/c1-3-19-12-6-4-5-10-9-11(16)15(14(10)12)20-8-7-13(17)18-2/h4-6,11,15H,3,7-9,16H2,1-2H3. The van der Waals surface area contributed by atoms with E-state index in [1.807, 2.05) is 25.1 Å². The van der Waals surface area contributed by atoms with Crippen molar-refractivity contribution in [2.45, 2.75) is 31.9 Å². The predicted molar refractivity (Wildman–Crippen MR) is 74.6 cm³/mol. The van der Waals surface area contributed by atoms with Gasteiger partial charge in [-0.25, -0.2) is 0 Å². The molecule has 1 aliphatic rings. The van der Waals surface area contributed by atoms with Crippen molar-refractivity contribution < 1.29 is 19.0 Å². The minimum absolute atomic E-state index is 0.107. The first-order valence-electron chi connectivity index (χ1n) is 6.86. The highest BCUT2D eigenvalue weighted by Crippen LogP contribution is 2.39. The van der Waals surface area contributed by atoms with E-state index in [1.165, 1.54) is 7.11 Å². The van der Waals surface area contributed by atoms with Gasteiger partial charge >= 0.3 is 5.97 Å². The van der Waals surface area contributed by atoms with Crippen LogP contribution in [0.2, 0.25) is 0 Å². The molecule has 20 heavy (non-hydrogen) atoms. The molecule has 0 saturated heterocycles. The molecule has 0 aliphatic heterocycles. The van der Waals surface area contributed by atoms with Crippen molar-refractivity contribution in [1.82, 2.24) is 0 Å². The van der Waals surface area contributed by atoms with E-state index in [1.54, 1.807) is 0 Å². The Kier molecular flexibility index (Phi) is 4.98. The van der Waals surface area contributed by atoms with Crippen molar-refractivity contribution in [3.8, 4) is 5.75 Å². The molecule has 2 N–H and O–H groups in total. The minimum atomic E-state index is -0.283. The van der Waals surface area contributed by atoms with E-state index in [9.17, 15) is 4.79 Å². The fraction of sp³-hybridized carbons (Fsp3) is 0.533. The summed E-state index contributed by atoms with van der Waals surface area (Å²) in [7, 11) is 1.37. The number of esters is 1. The fourth-order valence-corrected chi connectivity index (χ4v) is 2.53. The Balaban J connectivity index is 2.10. The topological polar surface area (TPSA) is 70.8 Å². The van der Waals surface area contributed by atoms with Crippen LogP contribution in [0.1, 0.15) is 30.6 Å². The molecule has 0 fully saturated rings. The molecule has 0 bridgehead atoms. The smallest absolute Gasteiger partial charge is 0.307 e. The first-order valence-corrected chi connectivity index (χ1v) is 6.86. The highest BCUT2D eigenvalue weighted by molar-refractivity contribution is 5.69. The second-order valence-electron chi connectivity index (χ2n) is 4.75. The summed E-state index contributed by atoms with van der Waals surface area (Å²) in [4.78, 5) is 11.1. The van der Waals surface area contributed by atoms with Gasteiger partial charge in [0.05, 0.1) is 26.7 Å². The highest BCUT2D eigenvalue weighted by Gasteiger charge is 2.33. The van der Waals surface area contributed by atoms with Crippen molar-refractivity contribution in [2.24, 2.45) is 5.73 Å². The zero-order valence-corrected chi connectivity index (χ0v) is 11.9. The zero-order valence-electron chi connectivity index (χ0n) is 11.9. The first-order chi connectivity index (χ1) is 9.67. The van der Waals surface area contributed by atoms with E-state index in [4.69, 9.17) is 15.2 Å². The number of fused-ring (bicyclic) bond motifs is 1. The van der Waals surface area contributed by atoms with Gasteiger partial charge in [0.15, 0.2) is 0 Å². The molecular formula is C15H21NO4. The first kappa shape index (κ1) is 14.8. The summed E-state index contributed by atoms with van der Waals surface area (Å²) >= 11 is 0. The van der Waals surface area contributed by atoms with Crippen molar-refractivity contribution >= 4 is 5.97 Å². The van der Waals surface area contributed by atoms with E-state index in [-0.39, 0.29) is 24.5 Å². The van der Waals surface area contributed by atoms with Crippen molar-refractivity contribution in [1.29, 1.82) is 0 Å². The normalized spacial score (nSPS) is 20.6. The summed E-state index contributed by atoms with van der Waals surface area (Å²) in [5.41, 5.74) is 8.33.